The number of carbonyl (C=O) groups excluding carboxylic acids is 2. The summed E-state index contributed by atoms with van der Waals surface area (Å²) >= 11 is 1.54. The Morgan fingerprint density at radius 2 is 1.71 bits per heavy atom. The number of benzene rings is 2. The van der Waals surface area contributed by atoms with Crippen LogP contribution < -0.4 is 14.8 Å². The van der Waals surface area contributed by atoms with Crippen molar-refractivity contribution in [1.29, 1.82) is 0 Å². The highest BCUT2D eigenvalue weighted by Gasteiger charge is 2.33. The lowest BCUT2D eigenvalue weighted by Gasteiger charge is -2.32. The molecule has 1 N–H and O–H groups in total. The summed E-state index contributed by atoms with van der Waals surface area (Å²) in [5, 5.41) is 5.18. The summed E-state index contributed by atoms with van der Waals surface area (Å²) in [6.07, 6.45) is 4.39. The molecule has 1 aliphatic carbocycles. The van der Waals surface area contributed by atoms with Gasteiger partial charge in [-0.25, -0.2) is 0 Å². The number of hydrogen-bond acceptors (Lipinski definition) is 5. The maximum Gasteiger partial charge on any atom is 0.247 e. The summed E-state index contributed by atoms with van der Waals surface area (Å²) < 4.78 is 10.8. The quantitative estimate of drug-likeness (QED) is 0.426. The molecule has 1 fully saturated rings. The van der Waals surface area contributed by atoms with Crippen molar-refractivity contribution < 1.29 is 19.1 Å². The SMILES string of the molecule is COc1cccc(CN(C(=O)Cc2cccs2)[C@@H](C(=O)NC2CCCC2)c2cccc(OC)c2)c1. The molecule has 184 valence electrons. The Labute approximate surface area is 210 Å². The van der Waals surface area contributed by atoms with E-state index < -0.39 is 6.04 Å². The van der Waals surface area contributed by atoms with Gasteiger partial charge in [0, 0.05) is 17.5 Å². The number of carbonyl (C=O) groups is 2. The van der Waals surface area contributed by atoms with Gasteiger partial charge in [-0.15, -0.1) is 11.3 Å². The summed E-state index contributed by atoms with van der Waals surface area (Å²) in [5.41, 5.74) is 1.62. The smallest absolute Gasteiger partial charge is 0.247 e. The second kappa shape index (κ2) is 11.9. The minimum atomic E-state index is -0.788. The minimum absolute atomic E-state index is 0.107. The van der Waals surface area contributed by atoms with Gasteiger partial charge in [0.1, 0.15) is 17.5 Å². The molecule has 2 amide bonds. The number of nitrogens with one attached hydrogen (secondary N) is 1. The number of hydrogen-bond donors (Lipinski definition) is 1. The molecule has 0 saturated heterocycles. The fourth-order valence-corrected chi connectivity index (χ4v) is 5.29. The number of ether oxygens (including phenoxy) is 2. The highest BCUT2D eigenvalue weighted by Crippen LogP contribution is 2.29. The monoisotopic (exact) mass is 492 g/mol. The van der Waals surface area contributed by atoms with E-state index in [1.165, 1.54) is 0 Å². The number of amides is 2. The zero-order chi connectivity index (χ0) is 24.6. The molecule has 1 atom stereocenters. The predicted octanol–water partition coefficient (Wildman–Crippen LogP) is 5.14. The first-order valence-electron chi connectivity index (χ1n) is 12.0. The third kappa shape index (κ3) is 6.42. The molecule has 0 bridgehead atoms. The van der Waals surface area contributed by atoms with E-state index in [0.717, 1.165) is 41.7 Å². The Kier molecular flexibility index (Phi) is 8.42. The van der Waals surface area contributed by atoms with E-state index in [1.807, 2.05) is 66.0 Å². The lowest BCUT2D eigenvalue weighted by atomic mass is 10.0. The molecule has 3 aromatic rings. The molecular formula is C28H32N2O4S. The van der Waals surface area contributed by atoms with Crippen LogP contribution >= 0.6 is 11.3 Å². The van der Waals surface area contributed by atoms with Gasteiger partial charge in [0.25, 0.3) is 0 Å². The lowest BCUT2D eigenvalue weighted by molar-refractivity contribution is -0.141. The second-order valence-corrected chi connectivity index (χ2v) is 9.83. The zero-order valence-corrected chi connectivity index (χ0v) is 21.1. The van der Waals surface area contributed by atoms with Crippen LogP contribution in [-0.4, -0.2) is 37.0 Å². The molecule has 1 heterocycles. The van der Waals surface area contributed by atoms with Crippen molar-refractivity contribution in [2.45, 2.75) is 50.7 Å². The number of thiophene rings is 1. The van der Waals surface area contributed by atoms with E-state index in [9.17, 15) is 9.59 Å². The normalized spacial score (nSPS) is 14.3. The van der Waals surface area contributed by atoms with Gasteiger partial charge in [-0.2, -0.15) is 0 Å². The van der Waals surface area contributed by atoms with Crippen molar-refractivity contribution in [3.8, 4) is 11.5 Å². The Morgan fingerprint density at radius 1 is 1.00 bits per heavy atom. The summed E-state index contributed by atoms with van der Waals surface area (Å²) in [7, 11) is 3.22. The molecular weight excluding hydrogens is 460 g/mol. The fraction of sp³-hybridized carbons (Fsp3) is 0.357. The van der Waals surface area contributed by atoms with Gasteiger partial charge in [0.15, 0.2) is 0 Å². The minimum Gasteiger partial charge on any atom is -0.497 e. The summed E-state index contributed by atoms with van der Waals surface area (Å²) in [6.45, 7) is 0.279. The van der Waals surface area contributed by atoms with Crippen LogP contribution in [0.3, 0.4) is 0 Å². The predicted molar refractivity (Wildman–Crippen MR) is 138 cm³/mol. The van der Waals surface area contributed by atoms with Gasteiger partial charge in [0.05, 0.1) is 20.6 Å². The van der Waals surface area contributed by atoms with Crippen molar-refractivity contribution in [1.82, 2.24) is 10.2 Å². The standard InChI is InChI=1S/C28H32N2O4S/c1-33-23-12-5-8-20(16-23)19-30(26(31)18-25-14-7-15-35-25)27(21-9-6-13-24(17-21)34-2)28(32)29-22-10-3-4-11-22/h5-9,12-17,22,27H,3-4,10-11,18-19H2,1-2H3,(H,29,32)/t27-/m1/s1. The molecule has 0 radical (unpaired) electrons. The topological polar surface area (TPSA) is 67.9 Å². The molecule has 1 aromatic heterocycles. The maximum absolute atomic E-state index is 13.8. The Balaban J connectivity index is 1.72. The average molecular weight is 493 g/mol. The lowest BCUT2D eigenvalue weighted by Crippen LogP contribution is -2.46. The van der Waals surface area contributed by atoms with E-state index in [2.05, 4.69) is 5.32 Å². The van der Waals surface area contributed by atoms with E-state index >= 15 is 0 Å². The van der Waals surface area contributed by atoms with Crippen LogP contribution in [0.4, 0.5) is 0 Å². The van der Waals surface area contributed by atoms with Crippen LogP contribution in [0.1, 0.15) is 47.7 Å². The molecule has 2 aromatic carbocycles. The van der Waals surface area contributed by atoms with Gasteiger partial charge in [0.2, 0.25) is 11.8 Å². The average Bonchev–Trinajstić information content (AvgIpc) is 3.58. The van der Waals surface area contributed by atoms with E-state index in [4.69, 9.17) is 9.47 Å². The summed E-state index contributed by atoms with van der Waals surface area (Å²) in [4.78, 5) is 30.2. The van der Waals surface area contributed by atoms with Crippen molar-refractivity contribution in [3.05, 3.63) is 82.0 Å². The number of rotatable bonds is 10. The van der Waals surface area contributed by atoms with Crippen LogP contribution in [0.5, 0.6) is 11.5 Å². The van der Waals surface area contributed by atoms with Crippen LogP contribution in [-0.2, 0) is 22.6 Å². The molecule has 0 aliphatic heterocycles. The number of nitrogens with zero attached hydrogens (tertiary/aromatic N) is 1. The number of methoxy groups -OCH3 is 2. The molecule has 7 heteroatoms. The van der Waals surface area contributed by atoms with Crippen molar-refractivity contribution in [2.75, 3.05) is 14.2 Å². The van der Waals surface area contributed by atoms with Gasteiger partial charge >= 0.3 is 0 Å². The Hall–Kier alpha value is -3.32. The second-order valence-electron chi connectivity index (χ2n) is 8.80. The third-order valence-electron chi connectivity index (χ3n) is 6.38. The van der Waals surface area contributed by atoms with Gasteiger partial charge in [-0.1, -0.05) is 43.2 Å². The van der Waals surface area contributed by atoms with Gasteiger partial charge < -0.3 is 19.7 Å². The molecule has 6 nitrogen and oxygen atoms in total. The van der Waals surface area contributed by atoms with E-state index in [0.29, 0.717) is 11.5 Å². The van der Waals surface area contributed by atoms with E-state index in [1.54, 1.807) is 30.5 Å². The van der Waals surface area contributed by atoms with E-state index in [-0.39, 0.29) is 30.8 Å². The first-order valence-corrected chi connectivity index (χ1v) is 12.8. The molecule has 4 rings (SSSR count). The Bertz CT molecular complexity index is 1130. The molecule has 1 aliphatic rings. The zero-order valence-electron chi connectivity index (χ0n) is 20.2. The molecule has 0 unspecified atom stereocenters. The van der Waals surface area contributed by atoms with Crippen molar-refractivity contribution in [2.24, 2.45) is 0 Å². The van der Waals surface area contributed by atoms with Gasteiger partial charge in [-0.3, -0.25) is 9.59 Å². The van der Waals surface area contributed by atoms with Crippen LogP contribution in [0.25, 0.3) is 0 Å². The fourth-order valence-electron chi connectivity index (χ4n) is 4.59. The maximum atomic E-state index is 13.8. The van der Waals surface area contributed by atoms with Crippen LogP contribution in [0.15, 0.2) is 66.0 Å². The first-order chi connectivity index (χ1) is 17.1. The largest absolute Gasteiger partial charge is 0.497 e. The highest BCUT2D eigenvalue weighted by molar-refractivity contribution is 7.10. The molecule has 1 saturated carbocycles. The molecule has 35 heavy (non-hydrogen) atoms. The third-order valence-corrected chi connectivity index (χ3v) is 7.26. The van der Waals surface area contributed by atoms with Crippen molar-refractivity contribution in [3.63, 3.8) is 0 Å². The summed E-state index contributed by atoms with van der Waals surface area (Å²) in [6, 6.07) is 18.3. The summed E-state index contributed by atoms with van der Waals surface area (Å²) in [5.74, 6) is 1.09. The van der Waals surface area contributed by atoms with Crippen LogP contribution in [0, 0.1) is 0 Å². The molecule has 0 spiro atoms. The van der Waals surface area contributed by atoms with Gasteiger partial charge in [-0.05, 0) is 59.7 Å². The highest BCUT2D eigenvalue weighted by atomic mass is 32.1. The Morgan fingerprint density at radius 3 is 2.40 bits per heavy atom. The first kappa shape index (κ1) is 24.8. The van der Waals surface area contributed by atoms with Crippen LogP contribution in [0.2, 0.25) is 0 Å². The van der Waals surface area contributed by atoms with Crippen molar-refractivity contribution >= 4 is 23.2 Å².